The molecule has 0 spiro atoms. The van der Waals surface area contributed by atoms with Crippen LogP contribution in [0.4, 0.5) is 0 Å². The Morgan fingerprint density at radius 1 is 1.45 bits per heavy atom. The Labute approximate surface area is 121 Å². The minimum absolute atomic E-state index is 0.0313. The summed E-state index contributed by atoms with van der Waals surface area (Å²) < 4.78 is 0. The number of rotatable bonds is 6. The van der Waals surface area contributed by atoms with Crippen LogP contribution in [0.1, 0.15) is 27.2 Å². The fraction of sp³-hybridized carbons (Fsp3) is 0.667. The first kappa shape index (κ1) is 16.5. The Hall–Kier alpha value is -1.57. The summed E-state index contributed by atoms with van der Waals surface area (Å²) in [5.74, 6) is -2.46. The third kappa shape index (κ3) is 4.84. The van der Waals surface area contributed by atoms with Crippen LogP contribution in [0.25, 0.3) is 0 Å². The number of hydrogen-bond acceptors (Lipinski definition) is 6. The van der Waals surface area contributed by atoms with Gasteiger partial charge < -0.3 is 10.2 Å². The summed E-state index contributed by atoms with van der Waals surface area (Å²) >= 11 is 1.44. The van der Waals surface area contributed by atoms with Gasteiger partial charge in [-0.05, 0) is 5.25 Å². The van der Waals surface area contributed by atoms with E-state index in [4.69, 9.17) is 0 Å². The van der Waals surface area contributed by atoms with Crippen molar-refractivity contribution < 1.29 is 24.0 Å². The molecule has 0 bridgehead atoms. The molecule has 1 rings (SSSR count). The highest BCUT2D eigenvalue weighted by Gasteiger charge is 2.38. The van der Waals surface area contributed by atoms with Gasteiger partial charge in [-0.3, -0.25) is 14.4 Å². The molecule has 20 heavy (non-hydrogen) atoms. The zero-order valence-electron chi connectivity index (χ0n) is 11.7. The van der Waals surface area contributed by atoms with Gasteiger partial charge >= 0.3 is 5.97 Å². The lowest BCUT2D eigenvalue weighted by atomic mass is 10.1. The Morgan fingerprint density at radius 3 is 2.60 bits per heavy atom. The van der Waals surface area contributed by atoms with Crippen molar-refractivity contribution in [1.29, 1.82) is 0 Å². The SMILES string of the molecule is CC(C)SCC(=O)NCC(=O)ON1C(=O)CC(C)C1=O. The van der Waals surface area contributed by atoms with Crippen LogP contribution in [-0.2, 0) is 24.0 Å². The fourth-order valence-corrected chi connectivity index (χ4v) is 2.04. The summed E-state index contributed by atoms with van der Waals surface area (Å²) in [6.07, 6.45) is 0.0313. The minimum atomic E-state index is -0.844. The van der Waals surface area contributed by atoms with Gasteiger partial charge in [0.2, 0.25) is 5.91 Å². The molecule has 1 unspecified atom stereocenters. The van der Waals surface area contributed by atoms with Gasteiger partial charge in [-0.2, -0.15) is 0 Å². The molecule has 1 N–H and O–H groups in total. The molecule has 112 valence electrons. The lowest BCUT2D eigenvalue weighted by molar-refractivity contribution is -0.197. The van der Waals surface area contributed by atoms with Gasteiger partial charge in [-0.25, -0.2) is 4.79 Å². The number of carbonyl (C=O) groups excluding carboxylic acids is 4. The van der Waals surface area contributed by atoms with E-state index in [2.05, 4.69) is 10.2 Å². The topological polar surface area (TPSA) is 92.8 Å². The first-order valence-corrected chi connectivity index (χ1v) is 7.32. The highest BCUT2D eigenvalue weighted by molar-refractivity contribution is 8.00. The molecule has 1 heterocycles. The molecule has 1 aliphatic rings. The number of nitrogens with one attached hydrogen (secondary N) is 1. The van der Waals surface area contributed by atoms with Crippen molar-refractivity contribution in [2.24, 2.45) is 5.92 Å². The van der Waals surface area contributed by atoms with Crippen LogP contribution >= 0.6 is 11.8 Å². The van der Waals surface area contributed by atoms with Crippen LogP contribution in [0.5, 0.6) is 0 Å². The predicted octanol–water partition coefficient (Wildman–Crippen LogP) is 0.0974. The van der Waals surface area contributed by atoms with Crippen molar-refractivity contribution in [1.82, 2.24) is 10.4 Å². The number of hydrogen-bond donors (Lipinski definition) is 1. The standard InChI is InChI=1S/C12H18N2O5S/c1-7(2)20-6-9(15)13-5-11(17)19-14-10(16)4-8(3)12(14)18/h7-8H,4-6H2,1-3H3,(H,13,15). The summed E-state index contributed by atoms with van der Waals surface area (Å²) in [4.78, 5) is 50.4. The van der Waals surface area contributed by atoms with Crippen molar-refractivity contribution in [2.45, 2.75) is 32.4 Å². The van der Waals surface area contributed by atoms with Crippen LogP contribution in [0, 0.1) is 5.92 Å². The highest BCUT2D eigenvalue weighted by Crippen LogP contribution is 2.18. The minimum Gasteiger partial charge on any atom is -0.344 e. The van der Waals surface area contributed by atoms with Gasteiger partial charge in [0.1, 0.15) is 6.54 Å². The van der Waals surface area contributed by atoms with E-state index < -0.39 is 23.7 Å². The summed E-state index contributed by atoms with van der Waals surface area (Å²) in [6.45, 7) is 5.12. The Bertz CT molecular complexity index is 424. The zero-order chi connectivity index (χ0) is 15.3. The number of amides is 3. The average molecular weight is 302 g/mol. The third-order valence-electron chi connectivity index (χ3n) is 2.50. The number of imide groups is 1. The van der Waals surface area contributed by atoms with E-state index in [1.807, 2.05) is 13.8 Å². The van der Waals surface area contributed by atoms with Crippen molar-refractivity contribution >= 4 is 35.5 Å². The second-order valence-corrected chi connectivity index (χ2v) is 6.30. The molecule has 8 heteroatoms. The molecule has 0 aromatic heterocycles. The van der Waals surface area contributed by atoms with E-state index >= 15 is 0 Å². The van der Waals surface area contributed by atoms with Gasteiger partial charge in [0.05, 0.1) is 5.75 Å². The molecule has 0 aliphatic carbocycles. The van der Waals surface area contributed by atoms with Crippen LogP contribution in [-0.4, -0.2) is 46.3 Å². The van der Waals surface area contributed by atoms with Crippen molar-refractivity contribution in [3.05, 3.63) is 0 Å². The molecule has 7 nitrogen and oxygen atoms in total. The van der Waals surface area contributed by atoms with Gasteiger partial charge in [0.15, 0.2) is 0 Å². The lowest BCUT2D eigenvalue weighted by Crippen LogP contribution is -2.38. The normalized spacial score (nSPS) is 18.6. The van der Waals surface area contributed by atoms with Crippen LogP contribution in [0.3, 0.4) is 0 Å². The largest absolute Gasteiger partial charge is 0.352 e. The van der Waals surface area contributed by atoms with Crippen LogP contribution < -0.4 is 5.32 Å². The van der Waals surface area contributed by atoms with Crippen molar-refractivity contribution in [3.8, 4) is 0 Å². The molecule has 1 saturated heterocycles. The molecule has 1 aliphatic heterocycles. The molecule has 0 aromatic rings. The molecular formula is C12H18N2O5S. The summed E-state index contributed by atoms with van der Waals surface area (Å²) in [5, 5.41) is 3.16. The van der Waals surface area contributed by atoms with Gasteiger partial charge in [0, 0.05) is 12.3 Å². The first-order chi connectivity index (χ1) is 9.31. The molecular weight excluding hydrogens is 284 g/mol. The monoisotopic (exact) mass is 302 g/mol. The van der Waals surface area contributed by atoms with Crippen LogP contribution in [0.15, 0.2) is 0 Å². The maximum Gasteiger partial charge on any atom is 0.352 e. The summed E-state index contributed by atoms with van der Waals surface area (Å²) in [5.41, 5.74) is 0. The average Bonchev–Trinajstić information content (AvgIpc) is 2.60. The van der Waals surface area contributed by atoms with E-state index in [0.717, 1.165) is 0 Å². The zero-order valence-corrected chi connectivity index (χ0v) is 12.5. The number of carbonyl (C=O) groups is 4. The van der Waals surface area contributed by atoms with E-state index in [9.17, 15) is 19.2 Å². The van der Waals surface area contributed by atoms with Crippen molar-refractivity contribution in [2.75, 3.05) is 12.3 Å². The fourth-order valence-electron chi connectivity index (χ4n) is 1.45. The maximum atomic E-state index is 11.5. The maximum absolute atomic E-state index is 11.5. The third-order valence-corrected chi connectivity index (χ3v) is 3.60. The smallest absolute Gasteiger partial charge is 0.344 e. The van der Waals surface area contributed by atoms with Gasteiger partial charge in [0.25, 0.3) is 11.8 Å². The molecule has 0 radical (unpaired) electrons. The summed E-state index contributed by atoms with van der Waals surface area (Å²) in [7, 11) is 0. The second kappa shape index (κ2) is 7.28. The van der Waals surface area contributed by atoms with E-state index in [1.165, 1.54) is 11.8 Å². The number of nitrogens with zero attached hydrogens (tertiary/aromatic N) is 1. The Balaban J connectivity index is 2.32. The Morgan fingerprint density at radius 2 is 2.10 bits per heavy atom. The quantitative estimate of drug-likeness (QED) is 0.699. The van der Waals surface area contributed by atoms with Gasteiger partial charge in [-0.1, -0.05) is 20.8 Å². The van der Waals surface area contributed by atoms with Gasteiger partial charge in [-0.15, -0.1) is 16.8 Å². The first-order valence-electron chi connectivity index (χ1n) is 6.27. The highest BCUT2D eigenvalue weighted by atomic mass is 32.2. The van der Waals surface area contributed by atoms with Crippen molar-refractivity contribution in [3.63, 3.8) is 0 Å². The molecule has 3 amide bonds. The second-order valence-electron chi connectivity index (χ2n) is 4.73. The molecule has 0 saturated carbocycles. The molecule has 1 atom stereocenters. The summed E-state index contributed by atoms with van der Waals surface area (Å²) in [6, 6.07) is 0. The Kier molecular flexibility index (Phi) is 6.00. The van der Waals surface area contributed by atoms with E-state index in [0.29, 0.717) is 10.3 Å². The number of hydroxylamine groups is 2. The van der Waals surface area contributed by atoms with Crippen LogP contribution in [0.2, 0.25) is 0 Å². The van der Waals surface area contributed by atoms with E-state index in [1.54, 1.807) is 6.92 Å². The van der Waals surface area contributed by atoms with E-state index in [-0.39, 0.29) is 24.6 Å². The lowest BCUT2D eigenvalue weighted by Gasteiger charge is -2.13. The molecule has 0 aromatic carbocycles. The molecule has 1 fully saturated rings. The number of thioether (sulfide) groups is 1. The predicted molar refractivity (Wildman–Crippen MR) is 72.3 cm³/mol.